The smallest absolute Gasteiger partial charge is 0.254 e. The van der Waals surface area contributed by atoms with Crippen LogP contribution in [-0.4, -0.2) is 40.2 Å². The van der Waals surface area contributed by atoms with Crippen molar-refractivity contribution in [1.82, 2.24) is 14.5 Å². The van der Waals surface area contributed by atoms with E-state index in [4.69, 9.17) is 14.5 Å². The van der Waals surface area contributed by atoms with E-state index in [1.165, 1.54) is 0 Å². The minimum atomic E-state index is 0.0387. The molecular weight excluding hydrogens is 342 g/mol. The minimum Gasteiger partial charge on any atom is -0.454 e. The average molecular weight is 363 g/mol. The number of aromatic nitrogens is 2. The SMILES string of the molecule is Cn1c(C2CCCN(C(=O)c3ccc4c(c3)OCO4)C2)nc2ccccc21. The van der Waals surface area contributed by atoms with Gasteiger partial charge >= 0.3 is 0 Å². The normalized spacial score (nSPS) is 18.9. The molecule has 0 N–H and O–H groups in total. The van der Waals surface area contributed by atoms with E-state index in [0.717, 1.165) is 36.2 Å². The molecule has 6 nitrogen and oxygen atoms in total. The van der Waals surface area contributed by atoms with Gasteiger partial charge in [-0.15, -0.1) is 0 Å². The second-order valence-electron chi connectivity index (χ2n) is 7.18. The Balaban J connectivity index is 1.40. The van der Waals surface area contributed by atoms with Crippen molar-refractivity contribution in [2.75, 3.05) is 19.9 Å². The van der Waals surface area contributed by atoms with Crippen molar-refractivity contribution in [1.29, 1.82) is 0 Å². The molecule has 138 valence electrons. The van der Waals surface area contributed by atoms with E-state index >= 15 is 0 Å². The minimum absolute atomic E-state index is 0.0387. The number of nitrogens with zero attached hydrogens (tertiary/aromatic N) is 3. The molecule has 0 bridgehead atoms. The van der Waals surface area contributed by atoms with Crippen LogP contribution in [0.25, 0.3) is 11.0 Å². The van der Waals surface area contributed by atoms with Crippen LogP contribution in [-0.2, 0) is 7.05 Å². The van der Waals surface area contributed by atoms with Gasteiger partial charge in [-0.1, -0.05) is 12.1 Å². The summed E-state index contributed by atoms with van der Waals surface area (Å²) in [5.41, 5.74) is 2.78. The van der Waals surface area contributed by atoms with E-state index in [-0.39, 0.29) is 18.6 Å². The summed E-state index contributed by atoms with van der Waals surface area (Å²) in [6.45, 7) is 1.67. The number of aryl methyl sites for hydroxylation is 1. The zero-order valence-corrected chi connectivity index (χ0v) is 15.2. The van der Waals surface area contributed by atoms with Gasteiger partial charge in [-0.2, -0.15) is 0 Å². The Kier molecular flexibility index (Phi) is 3.77. The molecule has 0 saturated carbocycles. The Hall–Kier alpha value is -3.02. The Morgan fingerprint density at radius 2 is 2.00 bits per heavy atom. The maximum atomic E-state index is 13.0. The largest absolute Gasteiger partial charge is 0.454 e. The number of imidazole rings is 1. The number of rotatable bonds is 2. The highest BCUT2D eigenvalue weighted by molar-refractivity contribution is 5.95. The lowest BCUT2D eigenvalue weighted by Crippen LogP contribution is -2.39. The van der Waals surface area contributed by atoms with Gasteiger partial charge in [0.15, 0.2) is 11.5 Å². The average Bonchev–Trinajstić information content (AvgIpc) is 3.32. The molecule has 1 unspecified atom stereocenters. The summed E-state index contributed by atoms with van der Waals surface area (Å²) >= 11 is 0. The van der Waals surface area contributed by atoms with Crippen LogP contribution in [0.15, 0.2) is 42.5 Å². The van der Waals surface area contributed by atoms with Gasteiger partial charge in [-0.3, -0.25) is 4.79 Å². The Bertz CT molecular complexity index is 1030. The van der Waals surface area contributed by atoms with Crippen molar-refractivity contribution in [2.45, 2.75) is 18.8 Å². The van der Waals surface area contributed by atoms with E-state index in [2.05, 4.69) is 17.7 Å². The fourth-order valence-corrected chi connectivity index (χ4v) is 4.11. The van der Waals surface area contributed by atoms with Crippen LogP contribution in [0, 0.1) is 0 Å². The van der Waals surface area contributed by atoms with Crippen LogP contribution in [0.4, 0.5) is 0 Å². The standard InChI is InChI=1S/C21H21N3O3/c1-23-17-7-3-2-6-16(17)22-20(23)15-5-4-10-24(12-15)21(25)14-8-9-18-19(11-14)27-13-26-18/h2-3,6-9,11,15H,4-5,10,12-13H2,1H3. The summed E-state index contributed by atoms with van der Waals surface area (Å²) in [6.07, 6.45) is 2.02. The lowest BCUT2D eigenvalue weighted by atomic mass is 9.96. The molecule has 1 atom stereocenters. The van der Waals surface area contributed by atoms with Crippen LogP contribution >= 0.6 is 0 Å². The molecule has 3 aromatic rings. The molecule has 0 radical (unpaired) electrons. The van der Waals surface area contributed by atoms with E-state index in [0.29, 0.717) is 23.6 Å². The van der Waals surface area contributed by atoms with Crippen molar-refractivity contribution in [2.24, 2.45) is 7.05 Å². The fourth-order valence-electron chi connectivity index (χ4n) is 4.11. The molecule has 2 aliphatic heterocycles. The summed E-state index contributed by atoms with van der Waals surface area (Å²) in [6, 6.07) is 13.6. The van der Waals surface area contributed by atoms with Crippen LogP contribution in [0.3, 0.4) is 0 Å². The van der Waals surface area contributed by atoms with E-state index in [1.807, 2.05) is 35.2 Å². The number of carbonyl (C=O) groups is 1. The monoisotopic (exact) mass is 363 g/mol. The van der Waals surface area contributed by atoms with Crippen LogP contribution in [0.2, 0.25) is 0 Å². The number of piperidine rings is 1. The topological polar surface area (TPSA) is 56.6 Å². The predicted octanol–water partition coefficient (Wildman–Crippen LogP) is 3.32. The third-order valence-electron chi connectivity index (χ3n) is 5.52. The fraction of sp³-hybridized carbons (Fsp3) is 0.333. The lowest BCUT2D eigenvalue weighted by Gasteiger charge is -2.32. The Labute approximate surface area is 157 Å². The first-order valence-electron chi connectivity index (χ1n) is 9.31. The molecule has 1 fully saturated rings. The van der Waals surface area contributed by atoms with Crippen LogP contribution in [0.5, 0.6) is 11.5 Å². The van der Waals surface area contributed by atoms with Gasteiger partial charge in [0.1, 0.15) is 5.82 Å². The molecule has 1 saturated heterocycles. The number of hydrogen-bond acceptors (Lipinski definition) is 4. The highest BCUT2D eigenvalue weighted by Crippen LogP contribution is 2.34. The van der Waals surface area contributed by atoms with Crippen molar-refractivity contribution in [3.63, 3.8) is 0 Å². The molecule has 0 spiro atoms. The summed E-state index contributed by atoms with van der Waals surface area (Å²) in [5.74, 6) is 2.68. The maximum Gasteiger partial charge on any atom is 0.254 e. The van der Waals surface area contributed by atoms with Crippen molar-refractivity contribution < 1.29 is 14.3 Å². The quantitative estimate of drug-likeness (QED) is 0.701. The van der Waals surface area contributed by atoms with Crippen LogP contribution < -0.4 is 9.47 Å². The lowest BCUT2D eigenvalue weighted by molar-refractivity contribution is 0.0703. The van der Waals surface area contributed by atoms with Crippen molar-refractivity contribution in [3.05, 3.63) is 53.9 Å². The zero-order valence-electron chi connectivity index (χ0n) is 15.2. The van der Waals surface area contributed by atoms with Crippen molar-refractivity contribution in [3.8, 4) is 11.5 Å². The molecule has 3 heterocycles. The molecule has 1 amide bonds. The van der Waals surface area contributed by atoms with Gasteiger partial charge in [0.2, 0.25) is 6.79 Å². The first-order valence-corrected chi connectivity index (χ1v) is 9.31. The number of para-hydroxylation sites is 2. The summed E-state index contributed by atoms with van der Waals surface area (Å²) in [5, 5.41) is 0. The molecule has 27 heavy (non-hydrogen) atoms. The van der Waals surface area contributed by atoms with E-state index in [1.54, 1.807) is 6.07 Å². The Morgan fingerprint density at radius 1 is 1.15 bits per heavy atom. The first kappa shape index (κ1) is 16.2. The number of carbonyl (C=O) groups excluding carboxylic acids is 1. The zero-order chi connectivity index (χ0) is 18.4. The predicted molar refractivity (Wildman–Crippen MR) is 101 cm³/mol. The summed E-state index contributed by atoms with van der Waals surface area (Å²) in [4.78, 5) is 19.8. The van der Waals surface area contributed by atoms with Gasteiger partial charge in [0.25, 0.3) is 5.91 Å². The second kappa shape index (κ2) is 6.30. The van der Waals surface area contributed by atoms with E-state index < -0.39 is 0 Å². The summed E-state index contributed by atoms with van der Waals surface area (Å²) in [7, 11) is 2.06. The van der Waals surface area contributed by atoms with Crippen molar-refractivity contribution >= 4 is 16.9 Å². The molecule has 2 aromatic carbocycles. The Morgan fingerprint density at radius 3 is 2.89 bits per heavy atom. The molecular formula is C21H21N3O3. The molecule has 5 rings (SSSR count). The van der Waals surface area contributed by atoms with Gasteiger partial charge < -0.3 is 18.9 Å². The number of ether oxygens (including phenoxy) is 2. The highest BCUT2D eigenvalue weighted by atomic mass is 16.7. The summed E-state index contributed by atoms with van der Waals surface area (Å²) < 4.78 is 12.9. The molecule has 0 aliphatic carbocycles. The second-order valence-corrected chi connectivity index (χ2v) is 7.18. The number of likely N-dealkylation sites (tertiary alicyclic amines) is 1. The van der Waals surface area contributed by atoms with Gasteiger partial charge in [0.05, 0.1) is 11.0 Å². The molecule has 1 aromatic heterocycles. The number of hydrogen-bond donors (Lipinski definition) is 0. The maximum absolute atomic E-state index is 13.0. The number of fused-ring (bicyclic) bond motifs is 2. The molecule has 2 aliphatic rings. The highest BCUT2D eigenvalue weighted by Gasteiger charge is 2.29. The third-order valence-corrected chi connectivity index (χ3v) is 5.52. The van der Waals surface area contributed by atoms with Crippen LogP contribution in [0.1, 0.15) is 34.9 Å². The first-order chi connectivity index (χ1) is 13.2. The van der Waals surface area contributed by atoms with Gasteiger partial charge in [-0.05, 0) is 43.2 Å². The number of amides is 1. The van der Waals surface area contributed by atoms with Gasteiger partial charge in [0, 0.05) is 31.6 Å². The third kappa shape index (κ3) is 2.72. The van der Waals surface area contributed by atoms with E-state index in [9.17, 15) is 4.79 Å². The van der Waals surface area contributed by atoms with Gasteiger partial charge in [-0.25, -0.2) is 4.98 Å². The molecule has 6 heteroatoms. The number of benzene rings is 2.